The van der Waals surface area contributed by atoms with Crippen molar-refractivity contribution in [3.8, 4) is 0 Å². The van der Waals surface area contributed by atoms with Crippen LogP contribution in [0.5, 0.6) is 0 Å². The van der Waals surface area contributed by atoms with Gasteiger partial charge in [0.05, 0.1) is 10.6 Å². The van der Waals surface area contributed by atoms with Crippen LogP contribution in [0, 0.1) is 6.92 Å². The van der Waals surface area contributed by atoms with E-state index in [1.54, 1.807) is 39.2 Å². The predicted molar refractivity (Wildman–Crippen MR) is 96.5 cm³/mol. The third-order valence-corrected chi connectivity index (χ3v) is 5.05. The van der Waals surface area contributed by atoms with Gasteiger partial charge in [0.15, 0.2) is 5.78 Å². The summed E-state index contributed by atoms with van der Waals surface area (Å²) >= 11 is 0. The largest absolute Gasteiger partial charge is 0.345 e. The molecule has 7 heteroatoms. The van der Waals surface area contributed by atoms with Crippen molar-refractivity contribution in [2.24, 2.45) is 0 Å². The van der Waals surface area contributed by atoms with E-state index in [9.17, 15) is 18.0 Å². The molecule has 0 unspecified atom stereocenters. The van der Waals surface area contributed by atoms with Crippen LogP contribution in [0.4, 0.5) is 5.69 Å². The molecule has 1 amide bonds. The molecule has 0 atom stereocenters. The zero-order chi connectivity index (χ0) is 18.8. The number of ketones is 1. The molecule has 0 radical (unpaired) electrons. The fourth-order valence-corrected chi connectivity index (χ4v) is 3.38. The lowest BCUT2D eigenvalue weighted by molar-refractivity contribution is 0.0827. The van der Waals surface area contributed by atoms with Crippen LogP contribution in [0.1, 0.15) is 33.2 Å². The van der Waals surface area contributed by atoms with Gasteiger partial charge in [-0.1, -0.05) is 18.2 Å². The molecule has 2 aromatic carbocycles. The summed E-state index contributed by atoms with van der Waals surface area (Å²) in [5.74, 6) is -0.439. The van der Waals surface area contributed by atoms with E-state index in [4.69, 9.17) is 0 Å². The Morgan fingerprint density at radius 1 is 1.00 bits per heavy atom. The maximum atomic E-state index is 12.7. The Bertz CT molecular complexity index is 934. The molecular weight excluding hydrogens is 340 g/mol. The zero-order valence-electron chi connectivity index (χ0n) is 14.5. The van der Waals surface area contributed by atoms with Crippen molar-refractivity contribution in [1.82, 2.24) is 4.90 Å². The number of carbonyl (C=O) groups is 2. The lowest BCUT2D eigenvalue weighted by Crippen LogP contribution is -2.22. The lowest BCUT2D eigenvalue weighted by atomic mass is 10.1. The van der Waals surface area contributed by atoms with E-state index in [2.05, 4.69) is 4.72 Å². The molecule has 2 aromatic rings. The molecule has 0 aliphatic heterocycles. The molecule has 0 saturated carbocycles. The number of benzene rings is 2. The van der Waals surface area contributed by atoms with E-state index in [0.29, 0.717) is 16.8 Å². The molecule has 2 rings (SSSR count). The number of aryl methyl sites for hydroxylation is 1. The van der Waals surface area contributed by atoms with Crippen LogP contribution in [0.3, 0.4) is 0 Å². The Morgan fingerprint density at radius 2 is 1.68 bits per heavy atom. The average molecular weight is 360 g/mol. The molecular formula is C18H20N2O4S. The van der Waals surface area contributed by atoms with Crippen molar-refractivity contribution in [3.63, 3.8) is 0 Å². The number of Topliss-reactive ketones (excluding diaryl/α,β-unsaturated/α-hetero) is 1. The van der Waals surface area contributed by atoms with Crippen LogP contribution in [0.15, 0.2) is 47.4 Å². The molecule has 25 heavy (non-hydrogen) atoms. The molecule has 0 bridgehead atoms. The minimum Gasteiger partial charge on any atom is -0.345 e. The van der Waals surface area contributed by atoms with Gasteiger partial charge in [-0.05, 0) is 43.7 Å². The normalized spacial score (nSPS) is 11.0. The molecule has 0 fully saturated rings. The first-order valence-corrected chi connectivity index (χ1v) is 9.06. The van der Waals surface area contributed by atoms with Gasteiger partial charge in [0.2, 0.25) is 0 Å². The second-order valence-electron chi connectivity index (χ2n) is 5.92. The fourth-order valence-electron chi connectivity index (χ4n) is 2.21. The second-order valence-corrected chi connectivity index (χ2v) is 7.60. The molecule has 0 saturated heterocycles. The highest BCUT2D eigenvalue weighted by atomic mass is 32.2. The van der Waals surface area contributed by atoms with E-state index in [1.807, 2.05) is 0 Å². The van der Waals surface area contributed by atoms with Gasteiger partial charge in [-0.15, -0.1) is 0 Å². The van der Waals surface area contributed by atoms with Crippen LogP contribution >= 0.6 is 0 Å². The molecule has 132 valence electrons. The summed E-state index contributed by atoms with van der Waals surface area (Å²) in [5.41, 5.74) is 1.72. The van der Waals surface area contributed by atoms with Crippen molar-refractivity contribution in [1.29, 1.82) is 0 Å². The van der Waals surface area contributed by atoms with Gasteiger partial charge in [-0.3, -0.25) is 14.3 Å². The van der Waals surface area contributed by atoms with E-state index in [0.717, 1.165) is 0 Å². The van der Waals surface area contributed by atoms with Gasteiger partial charge in [0.25, 0.3) is 15.9 Å². The monoisotopic (exact) mass is 360 g/mol. The van der Waals surface area contributed by atoms with Gasteiger partial charge < -0.3 is 4.90 Å². The first-order valence-electron chi connectivity index (χ1n) is 7.58. The summed E-state index contributed by atoms with van der Waals surface area (Å²) in [7, 11) is -0.701. The minimum atomic E-state index is -3.89. The van der Waals surface area contributed by atoms with E-state index < -0.39 is 10.0 Å². The number of hydrogen-bond acceptors (Lipinski definition) is 4. The van der Waals surface area contributed by atoms with Gasteiger partial charge in [-0.2, -0.15) is 0 Å². The number of nitrogens with one attached hydrogen (secondary N) is 1. The Kier molecular flexibility index (Phi) is 5.27. The van der Waals surface area contributed by atoms with Crippen LogP contribution in [-0.4, -0.2) is 39.1 Å². The number of amides is 1. The number of sulfonamides is 1. The molecule has 0 aliphatic carbocycles. The Balaban J connectivity index is 2.41. The molecule has 0 heterocycles. The molecule has 6 nitrogen and oxygen atoms in total. The Labute approximate surface area is 147 Å². The Morgan fingerprint density at radius 3 is 2.28 bits per heavy atom. The first-order chi connectivity index (χ1) is 11.6. The van der Waals surface area contributed by atoms with Crippen LogP contribution < -0.4 is 4.72 Å². The zero-order valence-corrected chi connectivity index (χ0v) is 15.3. The van der Waals surface area contributed by atoms with Gasteiger partial charge in [-0.25, -0.2) is 8.42 Å². The standard InChI is InChI=1S/C18H20N2O4S/c1-12-8-9-14(13(2)21)11-17(12)19-25(23,24)16-7-5-6-15(10-16)18(22)20(3)4/h5-11,19H,1-4H3. The maximum absolute atomic E-state index is 12.7. The average Bonchev–Trinajstić information content (AvgIpc) is 2.55. The van der Waals surface area contributed by atoms with Crippen molar-refractivity contribution >= 4 is 27.4 Å². The predicted octanol–water partition coefficient (Wildman–Crippen LogP) is 2.70. The van der Waals surface area contributed by atoms with Crippen molar-refractivity contribution in [2.45, 2.75) is 18.7 Å². The summed E-state index contributed by atoms with van der Waals surface area (Å²) in [6.45, 7) is 3.16. The van der Waals surface area contributed by atoms with E-state index in [-0.39, 0.29) is 22.1 Å². The number of nitrogens with zero attached hydrogens (tertiary/aromatic N) is 1. The molecule has 1 N–H and O–H groups in total. The van der Waals surface area contributed by atoms with Crippen LogP contribution in [0.25, 0.3) is 0 Å². The maximum Gasteiger partial charge on any atom is 0.261 e. The number of hydrogen-bond donors (Lipinski definition) is 1. The summed E-state index contributed by atoms with van der Waals surface area (Å²) in [4.78, 5) is 24.9. The van der Waals surface area contributed by atoms with Crippen molar-refractivity contribution in [3.05, 3.63) is 59.2 Å². The lowest BCUT2D eigenvalue weighted by Gasteiger charge is -2.14. The van der Waals surface area contributed by atoms with Crippen molar-refractivity contribution < 1.29 is 18.0 Å². The molecule has 0 aliphatic rings. The first kappa shape index (κ1) is 18.7. The molecule has 0 aromatic heterocycles. The summed E-state index contributed by atoms with van der Waals surface area (Å²) in [6, 6.07) is 10.7. The minimum absolute atomic E-state index is 0.0205. The van der Waals surface area contributed by atoms with Crippen molar-refractivity contribution in [2.75, 3.05) is 18.8 Å². The van der Waals surface area contributed by atoms with Gasteiger partial charge in [0, 0.05) is 25.2 Å². The van der Waals surface area contributed by atoms with Gasteiger partial charge in [0.1, 0.15) is 0 Å². The van der Waals surface area contributed by atoms with Gasteiger partial charge >= 0.3 is 0 Å². The second kappa shape index (κ2) is 7.06. The highest BCUT2D eigenvalue weighted by molar-refractivity contribution is 7.92. The molecule has 0 spiro atoms. The fraction of sp³-hybridized carbons (Fsp3) is 0.222. The highest BCUT2D eigenvalue weighted by Crippen LogP contribution is 2.22. The number of anilines is 1. The highest BCUT2D eigenvalue weighted by Gasteiger charge is 2.18. The number of rotatable bonds is 5. The third kappa shape index (κ3) is 4.24. The smallest absolute Gasteiger partial charge is 0.261 e. The van der Waals surface area contributed by atoms with E-state index >= 15 is 0 Å². The third-order valence-electron chi connectivity index (χ3n) is 3.69. The van der Waals surface area contributed by atoms with Crippen LogP contribution in [-0.2, 0) is 10.0 Å². The summed E-state index contributed by atoms with van der Waals surface area (Å²) in [6.07, 6.45) is 0. The quantitative estimate of drug-likeness (QED) is 0.831. The Hall–Kier alpha value is -2.67. The van der Waals surface area contributed by atoms with E-state index in [1.165, 1.54) is 36.1 Å². The topological polar surface area (TPSA) is 83.5 Å². The summed E-state index contributed by atoms with van der Waals surface area (Å²) < 4.78 is 27.8. The number of carbonyl (C=O) groups excluding carboxylic acids is 2. The SMILES string of the molecule is CC(=O)c1ccc(C)c(NS(=O)(=O)c2cccc(C(=O)N(C)C)c2)c1. The summed E-state index contributed by atoms with van der Waals surface area (Å²) in [5, 5.41) is 0. The van der Waals surface area contributed by atoms with Crippen LogP contribution in [0.2, 0.25) is 0 Å².